The maximum atomic E-state index is 15.6. The first-order valence-corrected chi connectivity index (χ1v) is 24.2. The molecule has 3 amide bonds. The Morgan fingerprint density at radius 1 is 0.688 bits per heavy atom. The standard InChI is InChI=1S/C52H73N7O5/c1-56-45(35-38-23-10-4-11-24-38)50(63)57-44(29-16-17-31-53)51(64)59-32-18-30-46(59)47(60)40-27-14-15-28-41(40)52(39-25-12-5-13-26-39,48(61)42(54)33-36-19-6-2-7-20-36)58-49(62)43(55)34-37-21-8-3-9-22-37/h4-5,10-15,23-28,36-37,42-46,56H,2-3,6-9,16-22,29-35,53-55H2,1H3,(H,57,63)(H,58,62)/t42-,43+,44+,45+,46+,52?/m1/s1. The lowest BCUT2D eigenvalue weighted by Gasteiger charge is -2.39. The zero-order chi connectivity index (χ0) is 45.5. The summed E-state index contributed by atoms with van der Waals surface area (Å²) in [7, 11) is 1.72. The molecule has 1 aliphatic heterocycles. The molecule has 3 aromatic rings. The molecule has 12 heteroatoms. The number of Topliss-reactive ketones (excluding diaryl/α,β-unsaturated/α-hetero) is 2. The van der Waals surface area contributed by atoms with Gasteiger partial charge in [0.1, 0.15) is 6.04 Å². The Hall–Kier alpha value is -4.75. The Morgan fingerprint density at radius 2 is 1.28 bits per heavy atom. The van der Waals surface area contributed by atoms with Crippen LogP contribution >= 0.6 is 0 Å². The third kappa shape index (κ3) is 12.1. The monoisotopic (exact) mass is 876 g/mol. The number of carbonyl (C=O) groups excluding carboxylic acids is 5. The molecule has 1 saturated heterocycles. The topological polar surface area (TPSA) is 203 Å². The van der Waals surface area contributed by atoms with Gasteiger partial charge < -0.3 is 38.1 Å². The van der Waals surface area contributed by atoms with E-state index in [4.69, 9.17) is 17.2 Å². The number of unbranched alkanes of at least 4 members (excludes halogenated alkanes) is 1. The molecule has 3 aromatic carbocycles. The minimum absolute atomic E-state index is 0.220. The van der Waals surface area contributed by atoms with Crippen molar-refractivity contribution < 1.29 is 24.0 Å². The number of likely N-dealkylation sites (N-methyl/N-ethyl adjacent to an activating group) is 1. The molecule has 1 heterocycles. The molecule has 9 N–H and O–H groups in total. The van der Waals surface area contributed by atoms with E-state index in [0.717, 1.165) is 63.4 Å². The lowest BCUT2D eigenvalue weighted by Crippen LogP contribution is -2.61. The number of carbonyl (C=O) groups is 5. The van der Waals surface area contributed by atoms with Crippen molar-refractivity contribution in [3.63, 3.8) is 0 Å². The predicted molar refractivity (Wildman–Crippen MR) is 252 cm³/mol. The van der Waals surface area contributed by atoms with Crippen molar-refractivity contribution >= 4 is 29.3 Å². The van der Waals surface area contributed by atoms with Gasteiger partial charge in [0.15, 0.2) is 17.1 Å². The molecule has 0 aromatic heterocycles. The molecule has 12 nitrogen and oxygen atoms in total. The number of benzene rings is 3. The molecule has 2 saturated carbocycles. The summed E-state index contributed by atoms with van der Waals surface area (Å²) < 4.78 is 0. The fraction of sp³-hybridized carbons (Fsp3) is 0.558. The average Bonchev–Trinajstić information content (AvgIpc) is 3.83. The summed E-state index contributed by atoms with van der Waals surface area (Å²) in [5.41, 5.74) is 19.7. The SMILES string of the molecule is CN[C@@H](Cc1ccccc1)C(=O)N[C@@H](CCCCN)C(=O)N1CCC[C@H]1C(=O)c1ccccc1C(NC(=O)[C@@H](N)CC1CCCCC1)(C(=O)[C@H](N)CC1CCCCC1)c1ccccc1. The quantitative estimate of drug-likeness (QED) is 0.0531. The maximum Gasteiger partial charge on any atom is 0.245 e. The van der Waals surface area contributed by atoms with Crippen LogP contribution in [0, 0.1) is 11.8 Å². The van der Waals surface area contributed by atoms with E-state index in [0.29, 0.717) is 81.5 Å². The largest absolute Gasteiger partial charge is 0.343 e. The van der Waals surface area contributed by atoms with Gasteiger partial charge in [-0.3, -0.25) is 24.0 Å². The highest BCUT2D eigenvalue weighted by Crippen LogP contribution is 2.38. The van der Waals surface area contributed by atoms with Gasteiger partial charge in [0.25, 0.3) is 0 Å². The van der Waals surface area contributed by atoms with Crippen LogP contribution in [0.1, 0.15) is 136 Å². The van der Waals surface area contributed by atoms with Gasteiger partial charge in [-0.05, 0) is 87.9 Å². The summed E-state index contributed by atoms with van der Waals surface area (Å²) in [5, 5.41) is 9.35. The van der Waals surface area contributed by atoms with Gasteiger partial charge in [0, 0.05) is 17.7 Å². The number of ketones is 2. The van der Waals surface area contributed by atoms with Gasteiger partial charge in [-0.15, -0.1) is 0 Å². The zero-order valence-electron chi connectivity index (χ0n) is 38.0. The third-order valence-corrected chi connectivity index (χ3v) is 14.1. The fourth-order valence-corrected chi connectivity index (χ4v) is 10.6. The second kappa shape index (κ2) is 24.0. The molecule has 6 rings (SSSR count). The Bertz CT molecular complexity index is 1990. The number of hydrogen-bond acceptors (Lipinski definition) is 9. The molecule has 346 valence electrons. The minimum atomic E-state index is -1.87. The van der Waals surface area contributed by atoms with Gasteiger partial charge in [-0.1, -0.05) is 149 Å². The highest BCUT2D eigenvalue weighted by Gasteiger charge is 2.49. The molecule has 0 radical (unpaired) electrons. The van der Waals surface area contributed by atoms with E-state index in [9.17, 15) is 14.4 Å². The van der Waals surface area contributed by atoms with Gasteiger partial charge in [-0.25, -0.2) is 0 Å². The molecule has 2 aliphatic carbocycles. The average molecular weight is 876 g/mol. The van der Waals surface area contributed by atoms with Gasteiger partial charge in [0.2, 0.25) is 17.7 Å². The van der Waals surface area contributed by atoms with Crippen molar-refractivity contribution in [2.75, 3.05) is 20.1 Å². The van der Waals surface area contributed by atoms with Crippen LogP contribution in [0.5, 0.6) is 0 Å². The molecule has 0 bridgehead atoms. The highest BCUT2D eigenvalue weighted by atomic mass is 16.2. The molecule has 6 atom stereocenters. The Balaban J connectivity index is 1.36. The van der Waals surface area contributed by atoms with Crippen molar-refractivity contribution in [1.82, 2.24) is 20.9 Å². The molecular weight excluding hydrogens is 803 g/mol. The Labute approximate surface area is 380 Å². The number of nitrogens with two attached hydrogens (primary N) is 3. The van der Waals surface area contributed by atoms with E-state index >= 15 is 9.59 Å². The molecule has 1 unspecified atom stereocenters. The fourth-order valence-electron chi connectivity index (χ4n) is 10.6. The summed E-state index contributed by atoms with van der Waals surface area (Å²) in [6.07, 6.45) is 14.6. The van der Waals surface area contributed by atoms with Gasteiger partial charge in [0.05, 0.1) is 24.2 Å². The van der Waals surface area contributed by atoms with E-state index < -0.39 is 47.4 Å². The Morgan fingerprint density at radius 3 is 1.91 bits per heavy atom. The van der Waals surface area contributed by atoms with E-state index in [1.54, 1.807) is 48.3 Å². The normalized spacial score (nSPS) is 20.1. The predicted octanol–water partition coefficient (Wildman–Crippen LogP) is 5.83. The van der Waals surface area contributed by atoms with Crippen LogP contribution in [0.15, 0.2) is 84.9 Å². The van der Waals surface area contributed by atoms with Gasteiger partial charge >= 0.3 is 0 Å². The van der Waals surface area contributed by atoms with E-state index in [-0.39, 0.29) is 29.1 Å². The summed E-state index contributed by atoms with van der Waals surface area (Å²) in [4.78, 5) is 75.7. The first-order chi connectivity index (χ1) is 31.1. The highest BCUT2D eigenvalue weighted by molar-refractivity contribution is 6.08. The van der Waals surface area contributed by atoms with E-state index in [1.807, 2.05) is 48.5 Å². The third-order valence-electron chi connectivity index (χ3n) is 14.1. The molecule has 0 spiro atoms. The van der Waals surface area contributed by atoms with Crippen molar-refractivity contribution in [2.45, 2.75) is 151 Å². The minimum Gasteiger partial charge on any atom is -0.343 e. The number of hydrogen-bond donors (Lipinski definition) is 6. The number of nitrogens with zero attached hydrogens (tertiary/aromatic N) is 1. The van der Waals surface area contributed by atoms with Crippen molar-refractivity contribution in [3.8, 4) is 0 Å². The number of likely N-dealkylation sites (tertiary alicyclic amines) is 1. The number of nitrogens with one attached hydrogen (secondary N) is 3. The number of amides is 3. The number of rotatable bonds is 22. The lowest BCUT2D eigenvalue weighted by molar-refractivity contribution is -0.137. The summed E-state index contributed by atoms with van der Waals surface area (Å²) in [6, 6.07) is 21.5. The van der Waals surface area contributed by atoms with E-state index in [1.165, 1.54) is 6.42 Å². The van der Waals surface area contributed by atoms with Crippen LogP contribution in [0.3, 0.4) is 0 Å². The smallest absolute Gasteiger partial charge is 0.245 e. The zero-order valence-corrected chi connectivity index (χ0v) is 38.0. The molecule has 3 fully saturated rings. The molecule has 3 aliphatic rings. The van der Waals surface area contributed by atoms with Crippen molar-refractivity contribution in [2.24, 2.45) is 29.0 Å². The summed E-state index contributed by atoms with van der Waals surface area (Å²) in [5.74, 6) is -1.30. The Kier molecular flexibility index (Phi) is 18.2. The molecular formula is C52H73N7O5. The summed E-state index contributed by atoms with van der Waals surface area (Å²) >= 11 is 0. The van der Waals surface area contributed by atoms with Crippen LogP contribution in [0.4, 0.5) is 0 Å². The van der Waals surface area contributed by atoms with E-state index in [2.05, 4.69) is 16.0 Å². The van der Waals surface area contributed by atoms with Crippen LogP contribution in [0.25, 0.3) is 0 Å². The van der Waals surface area contributed by atoms with Crippen LogP contribution < -0.4 is 33.2 Å². The van der Waals surface area contributed by atoms with Crippen molar-refractivity contribution in [3.05, 3.63) is 107 Å². The second-order valence-electron chi connectivity index (χ2n) is 18.6. The molecule has 64 heavy (non-hydrogen) atoms. The summed E-state index contributed by atoms with van der Waals surface area (Å²) in [6.45, 7) is 0.764. The van der Waals surface area contributed by atoms with Crippen LogP contribution in [-0.2, 0) is 31.1 Å². The second-order valence-corrected chi connectivity index (χ2v) is 18.6. The van der Waals surface area contributed by atoms with Gasteiger partial charge in [-0.2, -0.15) is 0 Å². The first kappa shape index (κ1) is 48.7. The van der Waals surface area contributed by atoms with Crippen molar-refractivity contribution in [1.29, 1.82) is 0 Å². The first-order valence-electron chi connectivity index (χ1n) is 24.2. The van der Waals surface area contributed by atoms with Crippen LogP contribution in [-0.4, -0.2) is 84.5 Å². The maximum absolute atomic E-state index is 15.6. The van der Waals surface area contributed by atoms with Crippen LogP contribution in [0.2, 0.25) is 0 Å². The lowest BCUT2D eigenvalue weighted by atomic mass is 9.72.